The molecule has 2 aliphatic carbocycles. The molecule has 5 atom stereocenters. The number of aliphatic carboxylic acids is 1. The number of alkyl halides is 2. The lowest BCUT2D eigenvalue weighted by atomic mass is 9.83. The first-order chi connectivity index (χ1) is 18.5. The molecule has 1 aliphatic heterocycles. The Morgan fingerprint density at radius 3 is 2.28 bits per heavy atom. The number of carbonyl (C=O) groups excluding carboxylic acids is 3. The number of guanidine groups is 1. The highest BCUT2D eigenvalue weighted by molar-refractivity contribution is 6.26. The molecule has 0 spiro atoms. The number of carboxylic acids is 1. The van der Waals surface area contributed by atoms with Crippen molar-refractivity contribution in [2.24, 2.45) is 28.3 Å². The molecule has 1 heterocycles. The molecule has 3 aliphatic rings. The number of nitrogens with one attached hydrogen (secondary N) is 3. The van der Waals surface area contributed by atoms with Crippen molar-refractivity contribution in [3.05, 3.63) is 0 Å². The van der Waals surface area contributed by atoms with E-state index in [2.05, 4.69) is 25.8 Å². The predicted molar refractivity (Wildman–Crippen MR) is 145 cm³/mol. The molecule has 39 heavy (non-hydrogen) atoms. The van der Waals surface area contributed by atoms with Crippen molar-refractivity contribution in [2.75, 3.05) is 39.4 Å². The normalized spacial score (nSPS) is 30.4. The molecular formula is C24H39Cl2N7O6. The van der Waals surface area contributed by atoms with Crippen LogP contribution in [0.15, 0.2) is 4.99 Å². The van der Waals surface area contributed by atoms with Gasteiger partial charge in [0.25, 0.3) is 0 Å². The van der Waals surface area contributed by atoms with E-state index in [0.29, 0.717) is 38.9 Å². The van der Waals surface area contributed by atoms with Gasteiger partial charge in [-0.25, -0.2) is 4.79 Å². The second-order valence-corrected chi connectivity index (χ2v) is 11.4. The van der Waals surface area contributed by atoms with Gasteiger partial charge < -0.3 is 37.3 Å². The number of ether oxygens (including phenoxy) is 1. The lowest BCUT2D eigenvalue weighted by Gasteiger charge is -2.42. The summed E-state index contributed by atoms with van der Waals surface area (Å²) in [5.41, 5.74) is 10.9. The van der Waals surface area contributed by atoms with E-state index in [9.17, 15) is 24.3 Å². The molecule has 0 bridgehead atoms. The van der Waals surface area contributed by atoms with E-state index in [1.54, 1.807) is 0 Å². The molecule has 13 nitrogen and oxygen atoms in total. The summed E-state index contributed by atoms with van der Waals surface area (Å²) in [5, 5.41) is 15.9. The van der Waals surface area contributed by atoms with Crippen molar-refractivity contribution in [3.63, 3.8) is 0 Å². The monoisotopic (exact) mass is 591 g/mol. The van der Waals surface area contributed by atoms with Crippen LogP contribution < -0.4 is 27.4 Å². The molecule has 3 fully saturated rings. The third kappa shape index (κ3) is 9.37. The molecule has 0 aromatic rings. The number of carbonyl (C=O) groups is 4. The van der Waals surface area contributed by atoms with Crippen molar-refractivity contribution >= 4 is 52.9 Å². The summed E-state index contributed by atoms with van der Waals surface area (Å²) in [6.07, 6.45) is 3.81. The van der Waals surface area contributed by atoms with Gasteiger partial charge in [-0.05, 0) is 32.1 Å². The fourth-order valence-corrected chi connectivity index (χ4v) is 6.56. The van der Waals surface area contributed by atoms with Gasteiger partial charge in [-0.15, -0.1) is 23.2 Å². The maximum atomic E-state index is 13.0. The summed E-state index contributed by atoms with van der Waals surface area (Å²) < 4.78 is 5.39. The average Bonchev–Trinajstić information content (AvgIpc) is 2.89. The second kappa shape index (κ2) is 14.9. The quantitative estimate of drug-likeness (QED) is 0.104. The van der Waals surface area contributed by atoms with E-state index in [1.165, 1.54) is 0 Å². The van der Waals surface area contributed by atoms with Crippen LogP contribution in [0, 0.1) is 11.8 Å². The zero-order chi connectivity index (χ0) is 28.5. The SMILES string of the molecule is NC(N)=NC1CCCC(C(=O)NCC(=O)NC[C@H](NC(=O)C2C(Cl)CC(N3CCOCC3)CC2Cl)C(=O)O)C1. The molecule has 220 valence electrons. The fraction of sp³-hybridized carbons (Fsp3) is 0.792. The summed E-state index contributed by atoms with van der Waals surface area (Å²) in [7, 11) is 0. The van der Waals surface area contributed by atoms with Gasteiger partial charge in [0.05, 0.1) is 31.7 Å². The number of amides is 3. The number of nitrogens with zero attached hydrogens (tertiary/aromatic N) is 2. The summed E-state index contributed by atoms with van der Waals surface area (Å²) in [6.45, 7) is 2.12. The van der Waals surface area contributed by atoms with Gasteiger partial charge >= 0.3 is 5.97 Å². The van der Waals surface area contributed by atoms with Crippen molar-refractivity contribution in [2.45, 2.75) is 67.4 Å². The van der Waals surface area contributed by atoms with Gasteiger partial charge in [0, 0.05) is 42.3 Å². The maximum Gasteiger partial charge on any atom is 0.328 e. The molecule has 8 N–H and O–H groups in total. The van der Waals surface area contributed by atoms with Gasteiger partial charge in [-0.3, -0.25) is 24.3 Å². The number of nitrogens with two attached hydrogens (primary N) is 2. The number of morpholine rings is 1. The van der Waals surface area contributed by atoms with E-state index in [4.69, 9.17) is 39.4 Å². The lowest BCUT2D eigenvalue weighted by molar-refractivity contribution is -0.142. The van der Waals surface area contributed by atoms with Gasteiger partial charge in [0.1, 0.15) is 6.04 Å². The molecule has 3 amide bonds. The Balaban J connectivity index is 1.44. The number of rotatable bonds is 10. The summed E-state index contributed by atoms with van der Waals surface area (Å²) in [6, 6.07) is -1.40. The van der Waals surface area contributed by atoms with Crippen LogP contribution >= 0.6 is 23.2 Å². The van der Waals surface area contributed by atoms with Crippen molar-refractivity contribution < 1.29 is 29.0 Å². The summed E-state index contributed by atoms with van der Waals surface area (Å²) >= 11 is 13.1. The molecule has 0 aromatic carbocycles. The van der Waals surface area contributed by atoms with E-state index in [-0.39, 0.29) is 43.0 Å². The van der Waals surface area contributed by atoms with E-state index < -0.39 is 40.5 Å². The molecule has 0 aromatic heterocycles. The Labute approximate surface area is 237 Å². The van der Waals surface area contributed by atoms with Gasteiger partial charge in [-0.2, -0.15) is 0 Å². The minimum absolute atomic E-state index is 0.0238. The minimum atomic E-state index is -1.39. The zero-order valence-electron chi connectivity index (χ0n) is 21.8. The van der Waals surface area contributed by atoms with Gasteiger partial charge in [0.2, 0.25) is 17.7 Å². The number of hydrogen-bond acceptors (Lipinski definition) is 7. The lowest BCUT2D eigenvalue weighted by Crippen LogP contribution is -2.56. The van der Waals surface area contributed by atoms with Gasteiger partial charge in [-0.1, -0.05) is 6.42 Å². The number of hydrogen-bond donors (Lipinski definition) is 6. The van der Waals surface area contributed by atoms with Crippen LogP contribution in [0.5, 0.6) is 0 Å². The first-order valence-electron chi connectivity index (χ1n) is 13.3. The Morgan fingerprint density at radius 1 is 1.00 bits per heavy atom. The second-order valence-electron chi connectivity index (χ2n) is 10.3. The highest BCUT2D eigenvalue weighted by atomic mass is 35.5. The largest absolute Gasteiger partial charge is 0.480 e. The van der Waals surface area contributed by atoms with Crippen molar-refractivity contribution in [1.29, 1.82) is 0 Å². The highest BCUT2D eigenvalue weighted by Crippen LogP contribution is 2.35. The third-order valence-corrected chi connectivity index (χ3v) is 8.43. The molecule has 1 saturated heterocycles. The summed E-state index contributed by atoms with van der Waals surface area (Å²) in [5.74, 6) is -3.89. The highest BCUT2D eigenvalue weighted by Gasteiger charge is 2.43. The molecule has 4 unspecified atom stereocenters. The predicted octanol–water partition coefficient (Wildman–Crippen LogP) is -1.05. The zero-order valence-corrected chi connectivity index (χ0v) is 23.3. The molecule has 15 heteroatoms. The Bertz CT molecular complexity index is 903. The van der Waals surface area contributed by atoms with Crippen LogP contribution in [0.25, 0.3) is 0 Å². The van der Waals surface area contributed by atoms with E-state index in [1.807, 2.05) is 0 Å². The average molecular weight is 593 g/mol. The Hall–Kier alpha value is -2.35. The topological polar surface area (TPSA) is 201 Å². The Morgan fingerprint density at radius 2 is 1.67 bits per heavy atom. The molecule has 2 saturated carbocycles. The first-order valence-corrected chi connectivity index (χ1v) is 14.2. The standard InChI is InChI=1S/C24H39Cl2N7O6/c25-16-9-15(33-4-6-39-7-5-33)10-17(26)20(16)22(36)32-18(23(37)38)11-29-19(34)12-30-21(35)13-2-1-3-14(8-13)31-24(27)28/h13-18,20H,1-12H2,(H,29,34)(H,30,35)(H,32,36)(H,37,38)(H4,27,28,31)/t13?,14?,15?,16?,17?,18-,20?/m0/s1. The number of aliphatic imine (C=N–C) groups is 1. The van der Waals surface area contributed by atoms with Crippen LogP contribution in [0.4, 0.5) is 0 Å². The van der Waals surface area contributed by atoms with Crippen LogP contribution in [0.3, 0.4) is 0 Å². The molecule has 3 rings (SSSR count). The van der Waals surface area contributed by atoms with Crippen LogP contribution in [-0.2, 0) is 23.9 Å². The van der Waals surface area contributed by atoms with Crippen molar-refractivity contribution in [3.8, 4) is 0 Å². The summed E-state index contributed by atoms with van der Waals surface area (Å²) in [4.78, 5) is 55.9. The van der Waals surface area contributed by atoms with Crippen LogP contribution in [-0.4, -0.2) is 108 Å². The molecular weight excluding hydrogens is 553 g/mol. The first kappa shape index (κ1) is 31.2. The molecule has 0 radical (unpaired) electrons. The van der Waals surface area contributed by atoms with Crippen LogP contribution in [0.2, 0.25) is 0 Å². The van der Waals surface area contributed by atoms with E-state index >= 15 is 0 Å². The number of carboxylic acid groups (broad SMARTS) is 1. The smallest absolute Gasteiger partial charge is 0.328 e. The van der Waals surface area contributed by atoms with Gasteiger partial charge in [0.15, 0.2) is 5.96 Å². The number of halogens is 2. The third-order valence-electron chi connectivity index (χ3n) is 7.53. The van der Waals surface area contributed by atoms with Crippen LogP contribution in [0.1, 0.15) is 38.5 Å². The minimum Gasteiger partial charge on any atom is -0.480 e. The fourth-order valence-electron chi connectivity index (χ4n) is 5.49. The van der Waals surface area contributed by atoms with E-state index in [0.717, 1.165) is 25.9 Å². The Kier molecular flexibility index (Phi) is 11.9. The maximum absolute atomic E-state index is 13.0. The van der Waals surface area contributed by atoms with Crippen molar-refractivity contribution in [1.82, 2.24) is 20.9 Å².